The van der Waals surface area contributed by atoms with Crippen molar-refractivity contribution in [1.29, 1.82) is 0 Å². The molecule has 0 atom stereocenters. The molecule has 0 spiro atoms. The van der Waals surface area contributed by atoms with Gasteiger partial charge in [0.25, 0.3) is 0 Å². The van der Waals surface area contributed by atoms with E-state index in [0.717, 1.165) is 0 Å². The van der Waals surface area contributed by atoms with Gasteiger partial charge in [0.05, 0.1) is 0 Å². The van der Waals surface area contributed by atoms with E-state index in [9.17, 15) is 0 Å². The summed E-state index contributed by atoms with van der Waals surface area (Å²) in [5, 5.41) is 0. The molecule has 0 nitrogen and oxygen atoms in total. The van der Waals surface area contributed by atoms with Gasteiger partial charge in [0.1, 0.15) is 0 Å². The topological polar surface area (TPSA) is 0 Å². The van der Waals surface area contributed by atoms with Crippen LogP contribution in [0.2, 0.25) is 9.26 Å². The summed E-state index contributed by atoms with van der Waals surface area (Å²) in [5.74, 6) is 0. The van der Waals surface area contributed by atoms with E-state index in [-0.39, 0.29) is 0 Å². The van der Waals surface area contributed by atoms with Crippen LogP contribution in [-0.4, -0.2) is 3.21 Å². The van der Waals surface area contributed by atoms with Gasteiger partial charge in [0.15, 0.2) is 0 Å². The first kappa shape index (κ1) is 17.8. The standard InChI is InChI=1S/C13H9.C6H10.C5H5.2CH3.Zr/c1-3-7-12-10(5-1)9-11-6-2-4-8-13(11)12;1-2-4-6-5-3-1;1-2-4-5-3-1;;;/h1-9H;1-5H2;1-3H,4H2;2*1H3;. The van der Waals surface area contributed by atoms with Crippen LogP contribution in [0, 0.1) is 0 Å². The van der Waals surface area contributed by atoms with E-state index in [2.05, 4.69) is 76.0 Å². The molecule has 138 valence electrons. The van der Waals surface area contributed by atoms with E-state index in [4.69, 9.17) is 0 Å². The molecule has 1 heteroatoms. The molecule has 3 aliphatic rings. The minimum atomic E-state index is -3.44. The molecule has 0 unspecified atom stereocenters. The molecule has 1 saturated carbocycles. The van der Waals surface area contributed by atoms with Gasteiger partial charge in [0.2, 0.25) is 0 Å². The zero-order valence-electron chi connectivity index (χ0n) is 16.7. The van der Waals surface area contributed by atoms with Crippen molar-refractivity contribution >= 4 is 3.21 Å². The van der Waals surface area contributed by atoms with Crippen molar-refractivity contribution in [2.45, 2.75) is 51.4 Å². The second kappa shape index (κ2) is 6.35. The molecule has 3 aliphatic carbocycles. The Labute approximate surface area is 164 Å². The van der Waals surface area contributed by atoms with Crippen molar-refractivity contribution in [3.63, 3.8) is 0 Å². The van der Waals surface area contributed by atoms with Crippen LogP contribution in [0.5, 0.6) is 0 Å². The van der Waals surface area contributed by atoms with Gasteiger partial charge in [-0.15, -0.1) is 0 Å². The third-order valence-corrected chi connectivity index (χ3v) is 26.1. The molecule has 1 fully saturated rings. The molecular weight excluding hydrogens is 404 g/mol. The van der Waals surface area contributed by atoms with Gasteiger partial charge in [-0.05, 0) is 0 Å². The molecule has 0 radical (unpaired) electrons. The summed E-state index contributed by atoms with van der Waals surface area (Å²) in [5.41, 5.74) is 6.20. The Balaban J connectivity index is 1.87. The SMILES string of the molecule is [CH3][Zr]([CH3])([C]1=CC=CC1)(=[C]1CCCCC1)[CH]1c2ccccc2-c2ccccc21. The summed E-state index contributed by atoms with van der Waals surface area (Å²) in [6.45, 7) is 0. The van der Waals surface area contributed by atoms with Crippen molar-refractivity contribution in [2.24, 2.45) is 0 Å². The Morgan fingerprint density at radius 1 is 0.778 bits per heavy atom. The quantitative estimate of drug-likeness (QED) is 0.459. The molecule has 0 aromatic heterocycles. The second-order valence-corrected chi connectivity index (χ2v) is 26.6. The summed E-state index contributed by atoms with van der Waals surface area (Å²) in [4.78, 5) is 0. The van der Waals surface area contributed by atoms with Crippen LogP contribution in [0.4, 0.5) is 0 Å². The number of benzene rings is 2. The second-order valence-electron chi connectivity index (χ2n) is 9.59. The fraction of sp³-hybridized carbons (Fsp3) is 0.346. The fourth-order valence-corrected chi connectivity index (χ4v) is 23.3. The number of rotatable bonds is 2. The summed E-state index contributed by atoms with van der Waals surface area (Å²) in [7, 11) is 0. The summed E-state index contributed by atoms with van der Waals surface area (Å²) < 4.78 is 9.96. The molecule has 0 saturated heterocycles. The van der Waals surface area contributed by atoms with E-state index < -0.39 is 18.3 Å². The predicted molar refractivity (Wildman–Crippen MR) is 115 cm³/mol. The van der Waals surface area contributed by atoms with Crippen LogP contribution in [0.3, 0.4) is 0 Å². The minimum absolute atomic E-state index is 0.609. The Bertz CT molecular complexity index is 988. The molecule has 0 N–H and O–H groups in total. The van der Waals surface area contributed by atoms with Crippen LogP contribution in [0.15, 0.2) is 70.0 Å². The van der Waals surface area contributed by atoms with Crippen LogP contribution < -0.4 is 0 Å². The van der Waals surface area contributed by atoms with E-state index in [1.54, 1.807) is 11.1 Å². The number of hydrogen-bond donors (Lipinski definition) is 0. The fourth-order valence-electron chi connectivity index (χ4n) is 6.47. The molecule has 0 heterocycles. The third kappa shape index (κ3) is 2.47. The Hall–Kier alpha value is -1.33. The third-order valence-electron chi connectivity index (χ3n) is 8.00. The van der Waals surface area contributed by atoms with Gasteiger partial charge in [-0.25, -0.2) is 0 Å². The molecule has 2 aromatic carbocycles. The zero-order chi connectivity index (χ0) is 18.5. The van der Waals surface area contributed by atoms with Crippen LogP contribution in [0.25, 0.3) is 11.1 Å². The zero-order valence-corrected chi connectivity index (χ0v) is 19.1. The molecule has 0 amide bonds. The predicted octanol–water partition coefficient (Wildman–Crippen LogP) is 7.52. The maximum absolute atomic E-state index is 3.44. The van der Waals surface area contributed by atoms with Gasteiger partial charge >= 0.3 is 165 Å². The molecule has 5 rings (SSSR count). The van der Waals surface area contributed by atoms with Gasteiger partial charge in [-0.2, -0.15) is 0 Å². The average Bonchev–Trinajstić information content (AvgIpc) is 3.36. The van der Waals surface area contributed by atoms with Crippen molar-refractivity contribution in [2.75, 3.05) is 0 Å². The van der Waals surface area contributed by atoms with E-state index in [0.29, 0.717) is 3.63 Å². The molecule has 2 aromatic rings. The van der Waals surface area contributed by atoms with E-state index in [1.807, 2.05) is 6.49 Å². The number of allylic oxidation sites excluding steroid dienone is 4. The van der Waals surface area contributed by atoms with Crippen molar-refractivity contribution in [3.8, 4) is 11.1 Å². The maximum atomic E-state index is 2.78. The van der Waals surface area contributed by atoms with Crippen LogP contribution in [-0.2, 0) is 18.3 Å². The van der Waals surface area contributed by atoms with Crippen molar-refractivity contribution in [1.82, 2.24) is 0 Å². The molecular formula is C26H30Zr. The van der Waals surface area contributed by atoms with Crippen molar-refractivity contribution < 1.29 is 18.3 Å². The first-order valence-electron chi connectivity index (χ1n) is 10.7. The van der Waals surface area contributed by atoms with Gasteiger partial charge in [0, 0.05) is 0 Å². The van der Waals surface area contributed by atoms with Gasteiger partial charge < -0.3 is 0 Å². The van der Waals surface area contributed by atoms with E-state index in [1.165, 1.54) is 49.7 Å². The summed E-state index contributed by atoms with van der Waals surface area (Å²) in [6.07, 6.45) is 15.4. The molecule has 0 aliphatic heterocycles. The molecule has 27 heavy (non-hydrogen) atoms. The normalized spacial score (nSPS) is 19.8. The number of hydrogen-bond acceptors (Lipinski definition) is 0. The van der Waals surface area contributed by atoms with Gasteiger partial charge in [-0.3, -0.25) is 0 Å². The monoisotopic (exact) mass is 432 g/mol. The summed E-state index contributed by atoms with van der Waals surface area (Å²) >= 11 is -3.44. The first-order valence-corrected chi connectivity index (χ1v) is 19.5. The average molecular weight is 434 g/mol. The Morgan fingerprint density at radius 3 is 1.93 bits per heavy atom. The van der Waals surface area contributed by atoms with Crippen LogP contribution >= 0.6 is 0 Å². The van der Waals surface area contributed by atoms with Crippen LogP contribution in [0.1, 0.15) is 53.3 Å². The Morgan fingerprint density at radius 2 is 1.37 bits per heavy atom. The van der Waals surface area contributed by atoms with E-state index >= 15 is 0 Å². The first-order chi connectivity index (χ1) is 13.1. The van der Waals surface area contributed by atoms with Gasteiger partial charge in [-0.1, -0.05) is 0 Å². The van der Waals surface area contributed by atoms with Crippen molar-refractivity contribution in [3.05, 3.63) is 81.2 Å². The molecule has 0 bridgehead atoms. The number of fused-ring (bicyclic) bond motifs is 3. The Kier molecular flexibility index (Phi) is 4.17. The summed E-state index contributed by atoms with van der Waals surface area (Å²) in [6, 6.07) is 18.6.